The summed E-state index contributed by atoms with van der Waals surface area (Å²) in [6.07, 6.45) is 4.07. The molecule has 1 atom stereocenters. The molecule has 33 heavy (non-hydrogen) atoms. The van der Waals surface area contributed by atoms with E-state index in [0.29, 0.717) is 22.9 Å². The molecule has 5 rings (SSSR count). The van der Waals surface area contributed by atoms with Crippen molar-refractivity contribution in [2.24, 2.45) is 10.1 Å². The van der Waals surface area contributed by atoms with Gasteiger partial charge in [0.05, 0.1) is 37.1 Å². The minimum absolute atomic E-state index is 0.127. The van der Waals surface area contributed by atoms with E-state index in [1.165, 1.54) is 0 Å². The van der Waals surface area contributed by atoms with Gasteiger partial charge in [0.2, 0.25) is 0 Å². The second-order valence-corrected chi connectivity index (χ2v) is 8.43. The van der Waals surface area contributed by atoms with E-state index < -0.39 is 0 Å². The molecule has 8 heteroatoms. The predicted molar refractivity (Wildman–Crippen MR) is 129 cm³/mol. The zero-order chi connectivity index (χ0) is 22.8. The third-order valence-corrected chi connectivity index (χ3v) is 6.27. The van der Waals surface area contributed by atoms with E-state index in [9.17, 15) is 4.79 Å². The SMILES string of the molecule is COc1ccc(C2=NN(C3=NC(=O)S/C3=C\c3ccco3)C(c3ccc(OC)cc3)C2)cc1. The van der Waals surface area contributed by atoms with Gasteiger partial charge in [0, 0.05) is 6.42 Å². The van der Waals surface area contributed by atoms with E-state index in [1.54, 1.807) is 26.5 Å². The molecule has 3 heterocycles. The van der Waals surface area contributed by atoms with Crippen LogP contribution < -0.4 is 9.47 Å². The number of hydrazone groups is 1. The lowest BCUT2D eigenvalue weighted by molar-refractivity contribution is 0.267. The fourth-order valence-corrected chi connectivity index (χ4v) is 4.54. The van der Waals surface area contributed by atoms with Gasteiger partial charge in [-0.3, -0.25) is 4.79 Å². The fraction of sp³-hybridized carbons (Fsp3) is 0.160. The number of hydrogen-bond acceptors (Lipinski definition) is 7. The largest absolute Gasteiger partial charge is 0.497 e. The fourth-order valence-electron chi connectivity index (χ4n) is 3.81. The number of carbonyl (C=O) groups is 1. The first-order valence-electron chi connectivity index (χ1n) is 10.4. The number of methoxy groups -OCH3 is 2. The van der Waals surface area contributed by atoms with Crippen molar-refractivity contribution >= 4 is 34.6 Å². The monoisotopic (exact) mass is 459 g/mol. The predicted octanol–water partition coefficient (Wildman–Crippen LogP) is 5.75. The van der Waals surface area contributed by atoms with Crippen LogP contribution in [0.5, 0.6) is 11.5 Å². The van der Waals surface area contributed by atoms with Crippen LogP contribution in [0, 0.1) is 0 Å². The first kappa shape index (κ1) is 21.1. The number of benzene rings is 2. The summed E-state index contributed by atoms with van der Waals surface area (Å²) in [4.78, 5) is 17.3. The normalized spacial score (nSPS) is 19.1. The van der Waals surface area contributed by atoms with Crippen LogP contribution in [-0.4, -0.2) is 36.0 Å². The maximum atomic E-state index is 12.3. The smallest absolute Gasteiger partial charge is 0.311 e. The van der Waals surface area contributed by atoms with Crippen molar-refractivity contribution < 1.29 is 18.7 Å². The number of ether oxygens (including phenoxy) is 2. The molecule has 0 radical (unpaired) electrons. The average Bonchev–Trinajstić information content (AvgIpc) is 3.60. The van der Waals surface area contributed by atoms with Gasteiger partial charge in [-0.05, 0) is 77.5 Å². The van der Waals surface area contributed by atoms with Crippen LogP contribution in [0.2, 0.25) is 0 Å². The van der Waals surface area contributed by atoms with Gasteiger partial charge in [-0.15, -0.1) is 0 Å². The van der Waals surface area contributed by atoms with E-state index in [-0.39, 0.29) is 11.3 Å². The molecular weight excluding hydrogens is 438 g/mol. The van der Waals surface area contributed by atoms with Crippen LogP contribution in [0.25, 0.3) is 6.08 Å². The zero-order valence-electron chi connectivity index (χ0n) is 18.1. The Morgan fingerprint density at radius 1 is 1.03 bits per heavy atom. The number of aliphatic imine (C=N–C) groups is 1. The Morgan fingerprint density at radius 2 is 1.73 bits per heavy atom. The summed E-state index contributed by atoms with van der Waals surface area (Å²) in [6.45, 7) is 0. The van der Waals surface area contributed by atoms with E-state index in [4.69, 9.17) is 19.0 Å². The van der Waals surface area contributed by atoms with Crippen LogP contribution in [0.3, 0.4) is 0 Å². The van der Waals surface area contributed by atoms with Crippen LogP contribution in [0.15, 0.2) is 86.3 Å². The van der Waals surface area contributed by atoms with E-state index in [0.717, 1.165) is 40.1 Å². The molecule has 1 aromatic heterocycles. The molecule has 1 amide bonds. The van der Waals surface area contributed by atoms with Gasteiger partial charge < -0.3 is 13.9 Å². The molecule has 0 saturated heterocycles. The van der Waals surface area contributed by atoms with Gasteiger partial charge in [-0.2, -0.15) is 10.1 Å². The second kappa shape index (κ2) is 8.99. The van der Waals surface area contributed by atoms with Crippen LogP contribution in [0.1, 0.15) is 29.3 Å². The Hall–Kier alpha value is -3.78. The molecule has 166 valence electrons. The minimum atomic E-state index is -0.274. The number of hydrogen-bond donors (Lipinski definition) is 0. The van der Waals surface area contributed by atoms with E-state index in [1.807, 2.05) is 65.7 Å². The first-order valence-corrected chi connectivity index (χ1v) is 11.2. The summed E-state index contributed by atoms with van der Waals surface area (Å²) in [6, 6.07) is 19.2. The Kier molecular flexibility index (Phi) is 5.75. The van der Waals surface area contributed by atoms with Crippen LogP contribution >= 0.6 is 11.8 Å². The van der Waals surface area contributed by atoms with Crippen molar-refractivity contribution in [3.8, 4) is 11.5 Å². The highest BCUT2D eigenvalue weighted by molar-refractivity contribution is 8.18. The maximum absolute atomic E-state index is 12.3. The summed E-state index contributed by atoms with van der Waals surface area (Å²) >= 11 is 1.08. The van der Waals surface area contributed by atoms with Crippen molar-refractivity contribution in [2.45, 2.75) is 12.5 Å². The van der Waals surface area contributed by atoms with E-state index in [2.05, 4.69) is 4.99 Å². The van der Waals surface area contributed by atoms with Crippen molar-refractivity contribution in [1.29, 1.82) is 0 Å². The number of rotatable bonds is 5. The molecule has 0 saturated carbocycles. The summed E-state index contributed by atoms with van der Waals surface area (Å²) < 4.78 is 16.1. The highest BCUT2D eigenvalue weighted by atomic mass is 32.2. The lowest BCUT2D eigenvalue weighted by Crippen LogP contribution is -2.26. The Labute approximate surface area is 195 Å². The van der Waals surface area contributed by atoms with Gasteiger partial charge in [0.25, 0.3) is 0 Å². The summed E-state index contributed by atoms with van der Waals surface area (Å²) in [5, 5.41) is 6.49. The molecule has 2 aliphatic rings. The summed E-state index contributed by atoms with van der Waals surface area (Å²) in [5.41, 5.74) is 2.95. The lowest BCUT2D eigenvalue weighted by atomic mass is 9.98. The quantitative estimate of drug-likeness (QED) is 0.483. The number of carbonyl (C=O) groups excluding carboxylic acids is 1. The molecule has 0 fully saturated rings. The molecule has 0 N–H and O–H groups in total. The molecule has 1 unspecified atom stereocenters. The van der Waals surface area contributed by atoms with Gasteiger partial charge >= 0.3 is 5.24 Å². The van der Waals surface area contributed by atoms with Gasteiger partial charge in [0.15, 0.2) is 5.84 Å². The van der Waals surface area contributed by atoms with Crippen molar-refractivity contribution in [3.05, 3.63) is 88.7 Å². The average molecular weight is 460 g/mol. The van der Waals surface area contributed by atoms with Crippen LogP contribution in [0.4, 0.5) is 4.79 Å². The Bertz CT molecular complexity index is 1250. The van der Waals surface area contributed by atoms with Crippen LogP contribution in [-0.2, 0) is 0 Å². The molecule has 0 bridgehead atoms. The molecule has 0 aliphatic carbocycles. The zero-order valence-corrected chi connectivity index (χ0v) is 18.9. The third-order valence-electron chi connectivity index (χ3n) is 5.48. The number of thioether (sulfide) groups is 1. The van der Waals surface area contributed by atoms with Crippen molar-refractivity contribution in [3.63, 3.8) is 0 Å². The lowest BCUT2D eigenvalue weighted by Gasteiger charge is -2.24. The molecule has 2 aromatic carbocycles. The van der Waals surface area contributed by atoms with E-state index >= 15 is 0 Å². The Morgan fingerprint density at radius 3 is 2.36 bits per heavy atom. The molecule has 3 aromatic rings. The third kappa shape index (κ3) is 4.29. The van der Waals surface area contributed by atoms with Gasteiger partial charge in [-0.25, -0.2) is 5.01 Å². The second-order valence-electron chi connectivity index (χ2n) is 7.44. The molecule has 7 nitrogen and oxygen atoms in total. The number of furan rings is 1. The van der Waals surface area contributed by atoms with Crippen molar-refractivity contribution in [2.75, 3.05) is 14.2 Å². The maximum Gasteiger partial charge on any atom is 0.311 e. The highest BCUT2D eigenvalue weighted by Crippen LogP contribution is 2.40. The highest BCUT2D eigenvalue weighted by Gasteiger charge is 2.37. The molecule has 2 aliphatic heterocycles. The molecular formula is C25H21N3O4S. The topological polar surface area (TPSA) is 76.6 Å². The summed E-state index contributed by atoms with van der Waals surface area (Å²) in [7, 11) is 3.28. The number of amides is 1. The van der Waals surface area contributed by atoms with Gasteiger partial charge in [-0.1, -0.05) is 12.1 Å². The molecule has 0 spiro atoms. The number of amidine groups is 1. The Balaban J connectivity index is 1.55. The summed E-state index contributed by atoms with van der Waals surface area (Å²) in [5.74, 6) is 2.74. The van der Waals surface area contributed by atoms with Crippen molar-refractivity contribution in [1.82, 2.24) is 5.01 Å². The van der Waals surface area contributed by atoms with Gasteiger partial charge in [0.1, 0.15) is 17.3 Å². The minimum Gasteiger partial charge on any atom is -0.497 e. The number of nitrogens with zero attached hydrogens (tertiary/aromatic N) is 3. The standard InChI is InChI=1S/C25H21N3O4S/c1-30-18-9-5-16(6-10-18)21-15-22(17-7-11-19(31-2)12-8-17)28(27-21)24-23(33-25(29)26-24)14-20-4-3-13-32-20/h3-14,22H,15H2,1-2H3/b23-14-. The first-order chi connectivity index (χ1) is 16.1.